The Labute approximate surface area is 110 Å². The number of anilines is 1. The fourth-order valence-electron chi connectivity index (χ4n) is 2.12. The van der Waals surface area contributed by atoms with Gasteiger partial charge < -0.3 is 10.1 Å². The molecule has 0 aromatic heterocycles. The van der Waals surface area contributed by atoms with Crippen LogP contribution in [0.5, 0.6) is 5.75 Å². The average molecular weight is 262 g/mol. The summed E-state index contributed by atoms with van der Waals surface area (Å²) in [5, 5.41) is 4.05. The topological polar surface area (TPSA) is 67.9 Å². The van der Waals surface area contributed by atoms with Crippen LogP contribution in [0, 0.1) is 0 Å². The Morgan fingerprint density at radius 2 is 2.21 bits per heavy atom. The van der Waals surface area contributed by atoms with Crippen molar-refractivity contribution in [3.63, 3.8) is 0 Å². The Kier molecular flexibility index (Phi) is 3.08. The number of nitrogens with one attached hydrogen (secondary N) is 1. The molecule has 0 atom stereocenters. The van der Waals surface area contributed by atoms with E-state index in [1.54, 1.807) is 18.2 Å². The fraction of sp³-hybridized carbons (Fsp3) is 0.385. The molecule has 2 aliphatic heterocycles. The Morgan fingerprint density at radius 3 is 3.00 bits per heavy atom. The number of rotatable bonds is 1. The first-order valence-electron chi connectivity index (χ1n) is 6.25. The lowest BCUT2D eigenvalue weighted by atomic mass is 10.1. The van der Waals surface area contributed by atoms with Crippen LogP contribution in [0.25, 0.3) is 0 Å². The normalized spacial score (nSPS) is 18.3. The van der Waals surface area contributed by atoms with Gasteiger partial charge in [-0.05, 0) is 31.0 Å². The van der Waals surface area contributed by atoms with E-state index in [0.29, 0.717) is 30.2 Å². The maximum atomic E-state index is 12.2. The van der Waals surface area contributed by atoms with E-state index in [-0.39, 0.29) is 18.4 Å². The second-order valence-electron chi connectivity index (χ2n) is 4.50. The number of ether oxygens (including phenoxy) is 1. The summed E-state index contributed by atoms with van der Waals surface area (Å²) in [5.74, 6) is 0.171. The van der Waals surface area contributed by atoms with Crippen LogP contribution in [0.4, 0.5) is 5.69 Å². The van der Waals surface area contributed by atoms with Crippen molar-refractivity contribution in [2.75, 3.05) is 25.1 Å². The molecule has 100 valence electrons. The van der Waals surface area contributed by atoms with Crippen molar-refractivity contribution >= 4 is 17.5 Å². The lowest BCUT2D eigenvalue weighted by molar-refractivity contribution is -0.144. The van der Waals surface area contributed by atoms with Crippen LogP contribution >= 0.6 is 0 Å². The number of benzene rings is 1. The zero-order valence-corrected chi connectivity index (χ0v) is 10.3. The summed E-state index contributed by atoms with van der Waals surface area (Å²) in [4.78, 5) is 28.8. The molecule has 6 heteroatoms. The molecule has 0 radical (unpaired) electrons. The summed E-state index contributed by atoms with van der Waals surface area (Å²) in [5.41, 5.74) is 1.01. The lowest BCUT2D eigenvalue weighted by Crippen LogP contribution is -2.35. The van der Waals surface area contributed by atoms with Crippen molar-refractivity contribution in [1.82, 2.24) is 5.06 Å². The first-order chi connectivity index (χ1) is 9.24. The summed E-state index contributed by atoms with van der Waals surface area (Å²) in [7, 11) is 0. The van der Waals surface area contributed by atoms with E-state index in [1.165, 1.54) is 5.06 Å². The van der Waals surface area contributed by atoms with Gasteiger partial charge >= 0.3 is 0 Å². The number of carbonyl (C=O) groups is 2. The third-order valence-electron chi connectivity index (χ3n) is 3.09. The smallest absolute Gasteiger partial charge is 0.277 e. The largest absolute Gasteiger partial charge is 0.482 e. The minimum absolute atomic E-state index is 0.00945. The molecular weight excluding hydrogens is 248 g/mol. The molecule has 6 nitrogen and oxygen atoms in total. The van der Waals surface area contributed by atoms with Crippen LogP contribution in [0.1, 0.15) is 23.2 Å². The van der Waals surface area contributed by atoms with E-state index in [2.05, 4.69) is 5.32 Å². The third kappa shape index (κ3) is 2.39. The highest BCUT2D eigenvalue weighted by Gasteiger charge is 2.22. The average Bonchev–Trinajstić information content (AvgIpc) is 2.46. The Morgan fingerprint density at radius 1 is 1.32 bits per heavy atom. The van der Waals surface area contributed by atoms with Crippen molar-refractivity contribution in [2.24, 2.45) is 0 Å². The zero-order chi connectivity index (χ0) is 13.2. The number of carbonyl (C=O) groups excluding carboxylic acids is 2. The standard InChI is InChI=1S/C13H14N2O4/c16-12-8-18-11-4-3-9(7-10(11)14-12)13(17)15-5-1-2-6-19-15/h3-4,7H,1-2,5-6,8H2,(H,14,16). The second kappa shape index (κ2) is 4.89. The van der Waals surface area contributed by atoms with Crippen molar-refractivity contribution in [3.05, 3.63) is 23.8 Å². The van der Waals surface area contributed by atoms with Crippen molar-refractivity contribution in [2.45, 2.75) is 12.8 Å². The Balaban J connectivity index is 1.83. The van der Waals surface area contributed by atoms with Crippen molar-refractivity contribution in [1.29, 1.82) is 0 Å². The summed E-state index contributed by atoms with van der Waals surface area (Å²) in [6.07, 6.45) is 1.91. The first-order valence-corrected chi connectivity index (χ1v) is 6.25. The fourth-order valence-corrected chi connectivity index (χ4v) is 2.12. The highest BCUT2D eigenvalue weighted by atomic mass is 16.7. The molecule has 2 amide bonds. The molecule has 1 aromatic carbocycles. The summed E-state index contributed by atoms with van der Waals surface area (Å²) in [6.45, 7) is 1.17. The van der Waals surface area contributed by atoms with Gasteiger partial charge in [0.2, 0.25) is 0 Å². The van der Waals surface area contributed by atoms with E-state index in [9.17, 15) is 9.59 Å². The number of amides is 2. The van der Waals surface area contributed by atoms with E-state index in [0.717, 1.165) is 12.8 Å². The zero-order valence-electron chi connectivity index (χ0n) is 10.3. The summed E-state index contributed by atoms with van der Waals surface area (Å²) < 4.78 is 5.25. The van der Waals surface area contributed by atoms with Gasteiger partial charge in [-0.2, -0.15) is 0 Å². The summed E-state index contributed by atoms with van der Waals surface area (Å²) in [6, 6.07) is 4.98. The minimum Gasteiger partial charge on any atom is -0.482 e. The SMILES string of the molecule is O=C1COc2ccc(C(=O)N3CCCCO3)cc2N1. The van der Waals surface area contributed by atoms with Gasteiger partial charge in [0, 0.05) is 12.1 Å². The number of hydroxylamine groups is 2. The molecule has 1 fully saturated rings. The molecule has 0 saturated carbocycles. The molecule has 2 aliphatic rings. The number of hydrogen-bond acceptors (Lipinski definition) is 4. The first kappa shape index (κ1) is 12.0. The van der Waals surface area contributed by atoms with E-state index in [1.807, 2.05) is 0 Å². The van der Waals surface area contributed by atoms with Gasteiger partial charge in [-0.3, -0.25) is 14.4 Å². The maximum absolute atomic E-state index is 12.2. The Bertz CT molecular complexity index is 523. The molecule has 19 heavy (non-hydrogen) atoms. The van der Waals surface area contributed by atoms with E-state index >= 15 is 0 Å². The van der Waals surface area contributed by atoms with E-state index in [4.69, 9.17) is 9.57 Å². The molecule has 0 unspecified atom stereocenters. The second-order valence-corrected chi connectivity index (χ2v) is 4.50. The van der Waals surface area contributed by atoms with Crippen LogP contribution in [-0.2, 0) is 9.63 Å². The molecule has 0 bridgehead atoms. The van der Waals surface area contributed by atoms with Gasteiger partial charge in [0.25, 0.3) is 11.8 Å². The van der Waals surface area contributed by atoms with Crippen LogP contribution in [0.3, 0.4) is 0 Å². The van der Waals surface area contributed by atoms with Gasteiger partial charge in [-0.1, -0.05) is 0 Å². The number of fused-ring (bicyclic) bond motifs is 1. The van der Waals surface area contributed by atoms with Gasteiger partial charge in [0.05, 0.1) is 12.3 Å². The Hall–Kier alpha value is -2.08. The van der Waals surface area contributed by atoms with Gasteiger partial charge in [-0.25, -0.2) is 5.06 Å². The summed E-state index contributed by atoms with van der Waals surface area (Å²) >= 11 is 0. The lowest BCUT2D eigenvalue weighted by Gasteiger charge is -2.26. The van der Waals surface area contributed by atoms with E-state index < -0.39 is 0 Å². The number of hydrogen-bond donors (Lipinski definition) is 1. The third-order valence-corrected chi connectivity index (χ3v) is 3.09. The highest BCUT2D eigenvalue weighted by Crippen LogP contribution is 2.29. The molecule has 0 aliphatic carbocycles. The highest BCUT2D eigenvalue weighted by molar-refractivity contribution is 5.99. The molecule has 1 saturated heterocycles. The minimum atomic E-state index is -0.216. The molecule has 2 heterocycles. The van der Waals surface area contributed by atoms with Crippen molar-refractivity contribution in [3.8, 4) is 5.75 Å². The predicted octanol–water partition coefficient (Wildman–Crippen LogP) is 1.19. The van der Waals surface area contributed by atoms with Gasteiger partial charge in [0.15, 0.2) is 6.61 Å². The number of nitrogens with zero attached hydrogens (tertiary/aromatic N) is 1. The van der Waals surface area contributed by atoms with Crippen LogP contribution in [-0.4, -0.2) is 36.6 Å². The maximum Gasteiger partial charge on any atom is 0.277 e. The van der Waals surface area contributed by atoms with Crippen LogP contribution in [0.15, 0.2) is 18.2 Å². The molecular formula is C13H14N2O4. The molecule has 1 aromatic rings. The predicted molar refractivity (Wildman–Crippen MR) is 66.8 cm³/mol. The van der Waals surface area contributed by atoms with Gasteiger partial charge in [-0.15, -0.1) is 0 Å². The van der Waals surface area contributed by atoms with Gasteiger partial charge in [0.1, 0.15) is 5.75 Å². The molecule has 1 N–H and O–H groups in total. The molecule has 3 rings (SSSR count). The van der Waals surface area contributed by atoms with Crippen molar-refractivity contribution < 1.29 is 19.2 Å². The van der Waals surface area contributed by atoms with Crippen LogP contribution in [0.2, 0.25) is 0 Å². The monoisotopic (exact) mass is 262 g/mol. The molecule has 0 spiro atoms. The van der Waals surface area contributed by atoms with Crippen LogP contribution < -0.4 is 10.1 Å². The quantitative estimate of drug-likeness (QED) is 0.825.